The van der Waals surface area contributed by atoms with Gasteiger partial charge in [0.05, 0.1) is 6.61 Å². The van der Waals surface area contributed by atoms with E-state index in [1.807, 2.05) is 0 Å². The van der Waals surface area contributed by atoms with Crippen LogP contribution in [-0.4, -0.2) is 24.3 Å². The Balaban J connectivity index is 1.96. The number of hydrogen-bond acceptors (Lipinski definition) is 2. The van der Waals surface area contributed by atoms with E-state index in [2.05, 4.69) is 5.32 Å². The van der Waals surface area contributed by atoms with Crippen molar-refractivity contribution < 1.29 is 5.11 Å². The lowest BCUT2D eigenvalue weighted by atomic mass is 9.84. The van der Waals surface area contributed by atoms with Gasteiger partial charge >= 0.3 is 0 Å². The Bertz CT molecular complexity index is 140. The van der Waals surface area contributed by atoms with E-state index in [0.717, 1.165) is 6.54 Å². The predicted molar refractivity (Wildman–Crippen MR) is 44.4 cm³/mol. The van der Waals surface area contributed by atoms with E-state index < -0.39 is 0 Å². The minimum atomic E-state index is 0.321. The molecule has 64 valence electrons. The molecule has 1 aliphatic carbocycles. The van der Waals surface area contributed by atoms with Crippen molar-refractivity contribution in [2.24, 2.45) is 5.41 Å². The molecule has 1 unspecified atom stereocenters. The molecule has 0 aromatic heterocycles. The lowest BCUT2D eigenvalue weighted by Gasteiger charge is -2.20. The number of hydrogen-bond donors (Lipinski definition) is 2. The highest BCUT2D eigenvalue weighted by molar-refractivity contribution is 4.95. The largest absolute Gasteiger partial charge is 0.395 e. The van der Waals surface area contributed by atoms with Crippen molar-refractivity contribution in [1.82, 2.24) is 5.32 Å². The first-order valence-corrected chi connectivity index (χ1v) is 4.69. The van der Waals surface area contributed by atoms with E-state index in [9.17, 15) is 0 Å². The van der Waals surface area contributed by atoms with E-state index in [-0.39, 0.29) is 0 Å². The second-order valence-corrected chi connectivity index (χ2v) is 4.17. The van der Waals surface area contributed by atoms with Gasteiger partial charge in [-0.1, -0.05) is 12.8 Å². The molecule has 2 fully saturated rings. The molecule has 2 N–H and O–H groups in total. The molecule has 0 radical (unpaired) electrons. The Morgan fingerprint density at radius 3 is 2.64 bits per heavy atom. The van der Waals surface area contributed by atoms with Crippen LogP contribution in [0.4, 0.5) is 0 Å². The summed E-state index contributed by atoms with van der Waals surface area (Å²) < 4.78 is 0. The molecular formula is C9H17NO. The molecule has 1 aliphatic heterocycles. The topological polar surface area (TPSA) is 32.3 Å². The molecule has 1 spiro atoms. The predicted octanol–water partition coefficient (Wildman–Crippen LogP) is 0.901. The molecule has 1 saturated heterocycles. The quantitative estimate of drug-likeness (QED) is 0.589. The first-order chi connectivity index (χ1) is 5.35. The van der Waals surface area contributed by atoms with Gasteiger partial charge in [-0.2, -0.15) is 0 Å². The van der Waals surface area contributed by atoms with E-state index in [1.54, 1.807) is 0 Å². The summed E-state index contributed by atoms with van der Waals surface area (Å²) in [6.45, 7) is 1.47. The zero-order chi connectivity index (χ0) is 7.73. The van der Waals surface area contributed by atoms with Gasteiger partial charge in [0, 0.05) is 12.6 Å². The third kappa shape index (κ3) is 1.30. The van der Waals surface area contributed by atoms with Gasteiger partial charge in [-0.3, -0.25) is 0 Å². The van der Waals surface area contributed by atoms with E-state index in [1.165, 1.54) is 32.1 Å². The van der Waals surface area contributed by atoms with Gasteiger partial charge in [0.1, 0.15) is 0 Å². The summed E-state index contributed by atoms with van der Waals surface area (Å²) >= 11 is 0. The molecule has 0 bridgehead atoms. The highest BCUT2D eigenvalue weighted by Crippen LogP contribution is 2.44. The summed E-state index contributed by atoms with van der Waals surface area (Å²) in [7, 11) is 0. The number of rotatable bonds is 1. The first-order valence-electron chi connectivity index (χ1n) is 4.69. The standard InChI is InChI=1S/C9H17NO/c11-6-8-5-9(7-10-8)3-1-2-4-9/h8,10-11H,1-7H2. The smallest absolute Gasteiger partial charge is 0.0584 e. The van der Waals surface area contributed by atoms with Gasteiger partial charge in [0.2, 0.25) is 0 Å². The summed E-state index contributed by atoms with van der Waals surface area (Å²) in [6, 6.07) is 0.396. The Hall–Kier alpha value is -0.0800. The van der Waals surface area contributed by atoms with E-state index in [0.29, 0.717) is 18.1 Å². The van der Waals surface area contributed by atoms with Crippen molar-refractivity contribution in [1.29, 1.82) is 0 Å². The van der Waals surface area contributed by atoms with Crippen LogP contribution in [0, 0.1) is 5.41 Å². The molecule has 2 rings (SSSR count). The molecule has 1 heterocycles. The Labute approximate surface area is 68.0 Å². The summed E-state index contributed by atoms with van der Waals surface area (Å²) in [5.74, 6) is 0. The van der Waals surface area contributed by atoms with Gasteiger partial charge in [0.15, 0.2) is 0 Å². The molecule has 11 heavy (non-hydrogen) atoms. The molecule has 2 aliphatic rings. The Morgan fingerprint density at radius 2 is 2.09 bits per heavy atom. The van der Waals surface area contributed by atoms with Crippen molar-refractivity contribution in [3.8, 4) is 0 Å². The molecule has 0 amide bonds. The van der Waals surface area contributed by atoms with Crippen LogP contribution >= 0.6 is 0 Å². The number of aliphatic hydroxyl groups is 1. The summed E-state index contributed by atoms with van der Waals surface area (Å²) in [5.41, 5.74) is 0.591. The zero-order valence-electron chi connectivity index (χ0n) is 6.97. The normalized spacial score (nSPS) is 35.2. The second kappa shape index (κ2) is 2.76. The molecule has 0 aromatic rings. The van der Waals surface area contributed by atoms with Gasteiger partial charge in [-0.25, -0.2) is 0 Å². The van der Waals surface area contributed by atoms with Crippen LogP contribution in [0.2, 0.25) is 0 Å². The third-order valence-electron chi connectivity index (χ3n) is 3.33. The van der Waals surface area contributed by atoms with Crippen molar-refractivity contribution in [3.05, 3.63) is 0 Å². The SMILES string of the molecule is OCC1CC2(CCCC2)CN1. The fraction of sp³-hybridized carbons (Fsp3) is 1.00. The average molecular weight is 155 g/mol. The van der Waals surface area contributed by atoms with Crippen LogP contribution in [0.5, 0.6) is 0 Å². The van der Waals surface area contributed by atoms with Crippen molar-refractivity contribution in [2.75, 3.05) is 13.2 Å². The Morgan fingerprint density at radius 1 is 1.36 bits per heavy atom. The van der Waals surface area contributed by atoms with Crippen molar-refractivity contribution in [2.45, 2.75) is 38.1 Å². The van der Waals surface area contributed by atoms with Crippen LogP contribution in [0.25, 0.3) is 0 Å². The zero-order valence-corrected chi connectivity index (χ0v) is 6.97. The lowest BCUT2D eigenvalue weighted by Crippen LogP contribution is -2.25. The van der Waals surface area contributed by atoms with Gasteiger partial charge in [-0.05, 0) is 24.7 Å². The molecule has 2 nitrogen and oxygen atoms in total. The van der Waals surface area contributed by atoms with Crippen molar-refractivity contribution in [3.63, 3.8) is 0 Å². The maximum atomic E-state index is 8.95. The number of nitrogens with one attached hydrogen (secondary N) is 1. The minimum Gasteiger partial charge on any atom is -0.395 e. The van der Waals surface area contributed by atoms with Crippen molar-refractivity contribution >= 4 is 0 Å². The lowest BCUT2D eigenvalue weighted by molar-refractivity contribution is 0.241. The summed E-state index contributed by atoms with van der Waals surface area (Å²) in [4.78, 5) is 0. The highest BCUT2D eigenvalue weighted by atomic mass is 16.3. The number of aliphatic hydroxyl groups excluding tert-OH is 1. The van der Waals surface area contributed by atoms with Crippen LogP contribution in [0.1, 0.15) is 32.1 Å². The summed E-state index contributed by atoms with van der Waals surface area (Å²) in [5, 5.41) is 12.3. The molecule has 0 aromatic carbocycles. The van der Waals surface area contributed by atoms with Gasteiger partial charge in [-0.15, -0.1) is 0 Å². The molecule has 1 atom stereocenters. The molecule has 1 saturated carbocycles. The second-order valence-electron chi connectivity index (χ2n) is 4.17. The first kappa shape index (κ1) is 7.56. The third-order valence-corrected chi connectivity index (χ3v) is 3.33. The fourth-order valence-electron chi connectivity index (χ4n) is 2.66. The van der Waals surface area contributed by atoms with Gasteiger partial charge in [0.25, 0.3) is 0 Å². The maximum Gasteiger partial charge on any atom is 0.0584 e. The fourth-order valence-corrected chi connectivity index (χ4v) is 2.66. The van der Waals surface area contributed by atoms with E-state index >= 15 is 0 Å². The van der Waals surface area contributed by atoms with Crippen LogP contribution in [-0.2, 0) is 0 Å². The monoisotopic (exact) mass is 155 g/mol. The van der Waals surface area contributed by atoms with Crippen LogP contribution in [0.15, 0.2) is 0 Å². The highest BCUT2D eigenvalue weighted by Gasteiger charge is 2.40. The Kier molecular flexibility index (Phi) is 1.90. The minimum absolute atomic E-state index is 0.321. The van der Waals surface area contributed by atoms with Gasteiger partial charge < -0.3 is 10.4 Å². The molecular weight excluding hydrogens is 138 g/mol. The van der Waals surface area contributed by atoms with E-state index in [4.69, 9.17) is 5.11 Å². The summed E-state index contributed by atoms with van der Waals surface area (Å²) in [6.07, 6.45) is 6.79. The van der Waals surface area contributed by atoms with Crippen LogP contribution in [0.3, 0.4) is 0 Å². The maximum absolute atomic E-state index is 8.95. The average Bonchev–Trinajstić information content (AvgIpc) is 2.62. The molecule has 2 heteroatoms. The van der Waals surface area contributed by atoms with Crippen LogP contribution < -0.4 is 5.32 Å².